The number of aromatic nitrogens is 3. The van der Waals surface area contributed by atoms with Gasteiger partial charge in [0.25, 0.3) is 0 Å². The van der Waals surface area contributed by atoms with Crippen LogP contribution < -0.4 is 0 Å². The molecule has 3 fully saturated rings. The zero-order valence-corrected chi connectivity index (χ0v) is 10.2. The van der Waals surface area contributed by atoms with Gasteiger partial charge in [-0.25, -0.2) is 0 Å². The molecule has 4 unspecified atom stereocenters. The molecule has 1 aromatic heterocycles. The van der Waals surface area contributed by atoms with Crippen LogP contribution in [0.25, 0.3) is 0 Å². The summed E-state index contributed by atoms with van der Waals surface area (Å²) in [4.78, 5) is 0. The van der Waals surface area contributed by atoms with Crippen LogP contribution in [0.4, 0.5) is 0 Å². The van der Waals surface area contributed by atoms with Crippen molar-refractivity contribution in [3.8, 4) is 0 Å². The number of fused-ring (bicyclic) bond motifs is 5. The Morgan fingerprint density at radius 2 is 1.94 bits per heavy atom. The lowest BCUT2D eigenvalue weighted by atomic mass is 10.0. The van der Waals surface area contributed by atoms with Gasteiger partial charge >= 0.3 is 0 Å². The average molecular weight is 238 g/mol. The van der Waals surface area contributed by atoms with Crippen LogP contribution in [0.2, 0.25) is 5.28 Å². The Balaban J connectivity index is 1.71. The summed E-state index contributed by atoms with van der Waals surface area (Å²) in [6.07, 6.45) is 5.31. The highest BCUT2D eigenvalue weighted by Gasteiger charge is 2.66. The molecule has 0 aromatic carbocycles. The predicted octanol–water partition coefficient (Wildman–Crippen LogP) is 2.71. The van der Waals surface area contributed by atoms with Crippen LogP contribution in [-0.4, -0.2) is 14.8 Å². The molecule has 0 spiro atoms. The van der Waals surface area contributed by atoms with Crippen LogP contribution in [0.15, 0.2) is 0 Å². The lowest BCUT2D eigenvalue weighted by molar-refractivity contribution is 0.446. The van der Waals surface area contributed by atoms with Crippen LogP contribution in [0, 0.1) is 23.7 Å². The third kappa shape index (κ3) is 1.01. The first-order valence-corrected chi connectivity index (χ1v) is 6.78. The van der Waals surface area contributed by atoms with Crippen LogP contribution in [0.3, 0.4) is 0 Å². The van der Waals surface area contributed by atoms with Crippen LogP contribution >= 0.6 is 11.6 Å². The van der Waals surface area contributed by atoms with Gasteiger partial charge < -0.3 is 0 Å². The quantitative estimate of drug-likeness (QED) is 0.792. The van der Waals surface area contributed by atoms with Crippen molar-refractivity contribution in [1.29, 1.82) is 0 Å². The molecular weight excluding hydrogens is 222 g/mol. The van der Waals surface area contributed by atoms with Gasteiger partial charge in [0, 0.05) is 12.5 Å². The Morgan fingerprint density at radius 1 is 1.25 bits per heavy atom. The number of hydrogen-bond donors (Lipinski definition) is 0. The first-order valence-electron chi connectivity index (χ1n) is 6.40. The van der Waals surface area contributed by atoms with Crippen LogP contribution in [-0.2, 0) is 6.42 Å². The Morgan fingerprint density at radius 3 is 2.56 bits per heavy atom. The monoisotopic (exact) mass is 237 g/mol. The molecule has 0 N–H and O–H groups in total. The molecule has 0 aliphatic heterocycles. The summed E-state index contributed by atoms with van der Waals surface area (Å²) in [5, 5.41) is 8.81. The lowest BCUT2D eigenvalue weighted by Gasteiger charge is -2.12. The van der Waals surface area contributed by atoms with E-state index >= 15 is 0 Å². The van der Waals surface area contributed by atoms with Gasteiger partial charge in [0.05, 0.1) is 0 Å². The van der Waals surface area contributed by atoms with E-state index in [-0.39, 0.29) is 0 Å². The Hall–Kier alpha value is -0.570. The highest BCUT2D eigenvalue weighted by Crippen LogP contribution is 2.71. The lowest BCUT2D eigenvalue weighted by Crippen LogP contribution is -2.08. The summed E-state index contributed by atoms with van der Waals surface area (Å²) in [6, 6.07) is 0.642. The minimum Gasteiger partial charge on any atom is -0.298 e. The standard InChI is InChI=1S/C12H16ClN3/c1-2-8-14-15-12(13)16(8)11-9-6-3-4-7(5-6)10(9)11/h6-7,9-11H,2-5H2,1H3. The summed E-state index contributed by atoms with van der Waals surface area (Å²) in [7, 11) is 0. The summed E-state index contributed by atoms with van der Waals surface area (Å²) in [6.45, 7) is 2.13. The van der Waals surface area contributed by atoms with Crippen molar-refractivity contribution in [3.05, 3.63) is 11.1 Å². The van der Waals surface area contributed by atoms with Gasteiger partial charge in [-0.05, 0) is 54.5 Å². The zero-order valence-electron chi connectivity index (χ0n) is 9.43. The van der Waals surface area contributed by atoms with Crippen molar-refractivity contribution in [2.24, 2.45) is 23.7 Å². The smallest absolute Gasteiger partial charge is 0.225 e. The second kappa shape index (κ2) is 3.00. The van der Waals surface area contributed by atoms with Gasteiger partial charge in [-0.2, -0.15) is 0 Å². The number of aryl methyl sites for hydroxylation is 1. The van der Waals surface area contributed by atoms with E-state index in [1.165, 1.54) is 19.3 Å². The van der Waals surface area contributed by atoms with E-state index in [9.17, 15) is 0 Å². The predicted molar refractivity (Wildman–Crippen MR) is 61.3 cm³/mol. The summed E-state index contributed by atoms with van der Waals surface area (Å²) < 4.78 is 2.22. The van der Waals surface area contributed by atoms with Gasteiger partial charge in [-0.1, -0.05) is 6.92 Å². The molecule has 3 nitrogen and oxygen atoms in total. The normalized spacial score (nSPS) is 43.8. The third-order valence-electron chi connectivity index (χ3n) is 5.03. The average Bonchev–Trinajstić information content (AvgIpc) is 2.69. The van der Waals surface area contributed by atoms with Crippen molar-refractivity contribution in [1.82, 2.24) is 14.8 Å². The molecule has 1 heterocycles. The summed E-state index contributed by atoms with van der Waals surface area (Å²) >= 11 is 6.18. The molecule has 2 bridgehead atoms. The van der Waals surface area contributed by atoms with E-state index in [0.29, 0.717) is 11.3 Å². The molecule has 4 atom stereocenters. The molecule has 3 aliphatic rings. The van der Waals surface area contributed by atoms with E-state index in [0.717, 1.165) is 35.9 Å². The van der Waals surface area contributed by atoms with Gasteiger partial charge in [0.15, 0.2) is 0 Å². The fourth-order valence-electron chi connectivity index (χ4n) is 4.46. The second-order valence-corrected chi connectivity index (χ2v) is 5.93. The summed E-state index contributed by atoms with van der Waals surface area (Å²) in [5.74, 6) is 4.82. The molecule has 16 heavy (non-hydrogen) atoms. The van der Waals surface area contributed by atoms with Crippen molar-refractivity contribution in [3.63, 3.8) is 0 Å². The summed E-state index contributed by atoms with van der Waals surface area (Å²) in [5.41, 5.74) is 0. The largest absolute Gasteiger partial charge is 0.298 e. The van der Waals surface area contributed by atoms with E-state index in [2.05, 4.69) is 21.7 Å². The maximum absolute atomic E-state index is 6.18. The SMILES string of the molecule is CCc1nnc(Cl)n1C1C2C3CCC(C3)C21. The third-order valence-corrected chi connectivity index (χ3v) is 5.29. The van der Waals surface area contributed by atoms with E-state index in [1.807, 2.05) is 0 Å². The molecule has 1 aromatic rings. The molecule has 3 saturated carbocycles. The fraction of sp³-hybridized carbons (Fsp3) is 0.833. The van der Waals surface area contributed by atoms with Crippen LogP contribution in [0.5, 0.6) is 0 Å². The molecule has 0 radical (unpaired) electrons. The molecule has 4 heteroatoms. The molecule has 4 rings (SSSR count). The minimum atomic E-state index is 0.607. The van der Waals surface area contributed by atoms with Crippen LogP contribution in [0.1, 0.15) is 38.1 Å². The van der Waals surface area contributed by atoms with E-state index in [1.54, 1.807) is 0 Å². The number of nitrogens with zero attached hydrogens (tertiary/aromatic N) is 3. The molecule has 0 amide bonds. The number of hydrogen-bond acceptors (Lipinski definition) is 2. The van der Waals surface area contributed by atoms with Gasteiger partial charge in [0.1, 0.15) is 5.82 Å². The Kier molecular flexibility index (Phi) is 1.78. The number of halogens is 1. The molecule has 0 saturated heterocycles. The van der Waals surface area contributed by atoms with Crippen molar-refractivity contribution >= 4 is 11.6 Å². The zero-order chi connectivity index (χ0) is 10.9. The highest BCUT2D eigenvalue weighted by molar-refractivity contribution is 6.28. The Labute approximate surface area is 100 Å². The van der Waals surface area contributed by atoms with E-state index in [4.69, 9.17) is 11.6 Å². The maximum Gasteiger partial charge on any atom is 0.225 e. The minimum absolute atomic E-state index is 0.607. The van der Waals surface area contributed by atoms with Crippen molar-refractivity contribution < 1.29 is 0 Å². The molecule has 3 aliphatic carbocycles. The fourth-order valence-corrected chi connectivity index (χ4v) is 4.71. The Bertz CT molecular complexity index is 425. The first-order chi connectivity index (χ1) is 7.81. The maximum atomic E-state index is 6.18. The first kappa shape index (κ1) is 9.46. The van der Waals surface area contributed by atoms with Crippen molar-refractivity contribution in [2.45, 2.75) is 38.6 Å². The van der Waals surface area contributed by atoms with Gasteiger partial charge in [-0.3, -0.25) is 4.57 Å². The number of rotatable bonds is 2. The molecule has 86 valence electrons. The van der Waals surface area contributed by atoms with Gasteiger partial charge in [0.2, 0.25) is 5.28 Å². The van der Waals surface area contributed by atoms with Gasteiger partial charge in [-0.15, -0.1) is 10.2 Å². The highest BCUT2D eigenvalue weighted by atomic mass is 35.5. The molecular formula is C12H16ClN3. The second-order valence-electron chi connectivity index (χ2n) is 5.59. The van der Waals surface area contributed by atoms with E-state index < -0.39 is 0 Å². The topological polar surface area (TPSA) is 30.7 Å². The van der Waals surface area contributed by atoms with Crippen molar-refractivity contribution in [2.75, 3.05) is 0 Å².